The van der Waals surface area contributed by atoms with Gasteiger partial charge in [0.2, 0.25) is 11.4 Å². The van der Waals surface area contributed by atoms with Gasteiger partial charge in [0.05, 0.1) is 16.5 Å². The molecule has 0 fully saturated rings. The van der Waals surface area contributed by atoms with E-state index in [1.165, 1.54) is 37.3 Å². The summed E-state index contributed by atoms with van der Waals surface area (Å²) in [6, 6.07) is 7.79. The molecule has 9 heteroatoms. The molecule has 0 bridgehead atoms. The Kier molecular flexibility index (Phi) is 5.64. The van der Waals surface area contributed by atoms with Crippen LogP contribution in [0, 0.1) is 15.9 Å². The van der Waals surface area contributed by atoms with Gasteiger partial charge in [-0.2, -0.15) is 0 Å². The number of carbonyl (C=O) groups excluding carboxylic acids is 1. The van der Waals surface area contributed by atoms with E-state index < -0.39 is 22.3 Å². The van der Waals surface area contributed by atoms with Crippen molar-refractivity contribution in [1.82, 2.24) is 0 Å². The van der Waals surface area contributed by atoms with Crippen LogP contribution >= 0.6 is 27.5 Å². The first-order valence-electron chi connectivity index (χ1n) is 6.86. The first-order valence-corrected chi connectivity index (χ1v) is 8.03. The second-order valence-electron chi connectivity index (χ2n) is 5.10. The van der Waals surface area contributed by atoms with Crippen molar-refractivity contribution < 1.29 is 23.6 Å². The lowest BCUT2D eigenvalue weighted by Crippen LogP contribution is -2.40. The van der Waals surface area contributed by atoms with Crippen LogP contribution in [0.1, 0.15) is 12.5 Å². The van der Waals surface area contributed by atoms with Gasteiger partial charge < -0.3 is 9.47 Å². The molecule has 1 unspecified atom stereocenters. The summed E-state index contributed by atoms with van der Waals surface area (Å²) in [7, 11) is 1.10. The first-order chi connectivity index (χ1) is 11.7. The first kappa shape index (κ1) is 19.1. The minimum Gasteiger partial charge on any atom is -0.466 e. The Morgan fingerprint density at radius 1 is 1.36 bits per heavy atom. The molecule has 0 radical (unpaired) electrons. The molecule has 132 valence electrons. The molecule has 0 saturated carbocycles. The van der Waals surface area contributed by atoms with Crippen LogP contribution in [-0.2, 0) is 15.1 Å². The number of nitrogens with zero attached hydrogens (tertiary/aromatic N) is 1. The number of para-hydroxylation sites is 1. The maximum atomic E-state index is 14.4. The third kappa shape index (κ3) is 3.74. The summed E-state index contributed by atoms with van der Waals surface area (Å²) in [5.74, 6) is -1.97. The minimum absolute atomic E-state index is 0.125. The van der Waals surface area contributed by atoms with Gasteiger partial charge in [-0.25, -0.2) is 9.18 Å². The number of methoxy groups -OCH3 is 1. The number of hydrogen-bond acceptors (Lipinski definition) is 5. The molecule has 2 rings (SSSR count). The van der Waals surface area contributed by atoms with Gasteiger partial charge in [0, 0.05) is 16.7 Å². The molecule has 0 N–H and O–H groups in total. The molecule has 0 saturated heterocycles. The molecule has 0 aliphatic carbocycles. The van der Waals surface area contributed by atoms with Crippen LogP contribution in [0.4, 0.5) is 10.1 Å². The standard InChI is InChI=1S/C16H12BrClFNO5/c1-16(15(21)24-2,10-7-6-9(18)8-12(10)19)25-14-11(17)4-3-5-13(14)20(22)23/h3-8H,1-2H3. The van der Waals surface area contributed by atoms with Gasteiger partial charge in [0.25, 0.3) is 0 Å². The zero-order valence-electron chi connectivity index (χ0n) is 13.1. The fraction of sp³-hybridized carbons (Fsp3) is 0.188. The van der Waals surface area contributed by atoms with Crippen molar-refractivity contribution in [1.29, 1.82) is 0 Å². The molecule has 0 aromatic heterocycles. The number of hydrogen-bond donors (Lipinski definition) is 0. The molecular weight excluding hydrogens is 421 g/mol. The Hall–Kier alpha value is -2.19. The van der Waals surface area contributed by atoms with Crippen molar-refractivity contribution in [3.05, 3.63) is 67.4 Å². The molecule has 0 spiro atoms. The minimum atomic E-state index is -1.97. The molecular formula is C16H12BrClFNO5. The summed E-state index contributed by atoms with van der Waals surface area (Å²) in [5.41, 5.74) is -2.54. The average Bonchev–Trinajstić information content (AvgIpc) is 2.55. The van der Waals surface area contributed by atoms with Crippen molar-refractivity contribution in [2.75, 3.05) is 7.11 Å². The van der Waals surface area contributed by atoms with E-state index in [1.807, 2.05) is 0 Å². The zero-order valence-corrected chi connectivity index (χ0v) is 15.4. The second kappa shape index (κ2) is 7.37. The summed E-state index contributed by atoms with van der Waals surface area (Å²) in [6.45, 7) is 1.26. The van der Waals surface area contributed by atoms with Crippen LogP contribution in [0.3, 0.4) is 0 Å². The van der Waals surface area contributed by atoms with Gasteiger partial charge in [-0.15, -0.1) is 0 Å². The van der Waals surface area contributed by atoms with E-state index >= 15 is 0 Å². The number of benzene rings is 2. The van der Waals surface area contributed by atoms with Crippen molar-refractivity contribution in [2.24, 2.45) is 0 Å². The number of nitro groups is 1. The Morgan fingerprint density at radius 3 is 2.60 bits per heavy atom. The van der Waals surface area contributed by atoms with Gasteiger partial charge in [-0.05, 0) is 47.1 Å². The number of carbonyl (C=O) groups is 1. The molecule has 1 atom stereocenters. The fourth-order valence-corrected chi connectivity index (χ4v) is 2.82. The van der Waals surface area contributed by atoms with Crippen LogP contribution in [0.5, 0.6) is 5.75 Å². The lowest BCUT2D eigenvalue weighted by Gasteiger charge is -2.29. The Morgan fingerprint density at radius 2 is 2.04 bits per heavy atom. The van der Waals surface area contributed by atoms with E-state index in [-0.39, 0.29) is 26.5 Å². The van der Waals surface area contributed by atoms with Crippen molar-refractivity contribution in [3.63, 3.8) is 0 Å². The molecule has 0 aliphatic rings. The summed E-state index contributed by atoms with van der Waals surface area (Å²) < 4.78 is 25.0. The number of halogens is 3. The molecule has 6 nitrogen and oxygen atoms in total. The molecule has 0 heterocycles. The quantitative estimate of drug-likeness (QED) is 0.391. The molecule has 2 aromatic carbocycles. The topological polar surface area (TPSA) is 78.7 Å². The third-order valence-corrected chi connectivity index (χ3v) is 4.33. The van der Waals surface area contributed by atoms with Crippen molar-refractivity contribution >= 4 is 39.2 Å². The van der Waals surface area contributed by atoms with Crippen molar-refractivity contribution in [2.45, 2.75) is 12.5 Å². The molecule has 0 amide bonds. The van der Waals surface area contributed by atoms with E-state index in [1.54, 1.807) is 0 Å². The van der Waals surface area contributed by atoms with E-state index in [0.29, 0.717) is 0 Å². The van der Waals surface area contributed by atoms with E-state index in [0.717, 1.165) is 13.2 Å². The monoisotopic (exact) mass is 431 g/mol. The Labute approximate surface area is 155 Å². The zero-order chi connectivity index (χ0) is 18.8. The summed E-state index contributed by atoms with van der Waals surface area (Å²) >= 11 is 8.88. The van der Waals surface area contributed by atoms with Crippen LogP contribution in [0.2, 0.25) is 5.02 Å². The number of nitro benzene ring substituents is 1. The molecule has 25 heavy (non-hydrogen) atoms. The highest BCUT2D eigenvalue weighted by Gasteiger charge is 2.43. The predicted molar refractivity (Wildman–Crippen MR) is 92.2 cm³/mol. The lowest BCUT2D eigenvalue weighted by atomic mass is 9.95. The van der Waals surface area contributed by atoms with E-state index in [9.17, 15) is 19.3 Å². The van der Waals surface area contributed by atoms with Gasteiger partial charge in [0.1, 0.15) is 5.82 Å². The summed E-state index contributed by atoms with van der Waals surface area (Å²) in [6.07, 6.45) is 0. The predicted octanol–water partition coefficient (Wildman–Crippen LogP) is 4.62. The molecule has 0 aliphatic heterocycles. The lowest BCUT2D eigenvalue weighted by molar-refractivity contribution is -0.386. The smallest absolute Gasteiger partial charge is 0.354 e. The van der Waals surface area contributed by atoms with Crippen molar-refractivity contribution in [3.8, 4) is 5.75 Å². The van der Waals surface area contributed by atoms with Crippen LogP contribution < -0.4 is 4.74 Å². The maximum absolute atomic E-state index is 14.4. The van der Waals surface area contributed by atoms with Crippen LogP contribution in [-0.4, -0.2) is 18.0 Å². The second-order valence-corrected chi connectivity index (χ2v) is 6.39. The number of esters is 1. The molecule has 2 aromatic rings. The highest BCUT2D eigenvalue weighted by Crippen LogP contribution is 2.41. The van der Waals surface area contributed by atoms with Gasteiger partial charge in [-0.1, -0.05) is 17.7 Å². The number of ether oxygens (including phenoxy) is 2. The van der Waals surface area contributed by atoms with Crippen LogP contribution in [0.15, 0.2) is 40.9 Å². The normalized spacial score (nSPS) is 13.0. The highest BCUT2D eigenvalue weighted by molar-refractivity contribution is 9.10. The van der Waals surface area contributed by atoms with Gasteiger partial charge >= 0.3 is 11.7 Å². The Balaban J connectivity index is 2.65. The van der Waals surface area contributed by atoms with Crippen LogP contribution in [0.25, 0.3) is 0 Å². The average molecular weight is 433 g/mol. The van der Waals surface area contributed by atoms with Gasteiger partial charge in [-0.3, -0.25) is 10.1 Å². The largest absolute Gasteiger partial charge is 0.466 e. The van der Waals surface area contributed by atoms with E-state index in [2.05, 4.69) is 15.9 Å². The third-order valence-electron chi connectivity index (χ3n) is 3.47. The fourth-order valence-electron chi connectivity index (χ4n) is 2.22. The number of rotatable bonds is 5. The maximum Gasteiger partial charge on any atom is 0.354 e. The Bertz CT molecular complexity index is 847. The summed E-state index contributed by atoms with van der Waals surface area (Å²) in [5, 5.41) is 11.4. The highest BCUT2D eigenvalue weighted by atomic mass is 79.9. The van der Waals surface area contributed by atoms with E-state index in [4.69, 9.17) is 21.1 Å². The summed E-state index contributed by atoms with van der Waals surface area (Å²) in [4.78, 5) is 22.9. The SMILES string of the molecule is COC(=O)C(C)(Oc1c(Br)cccc1[N+](=O)[O-])c1ccc(Cl)cc1F. The van der Waals surface area contributed by atoms with Gasteiger partial charge in [0.15, 0.2) is 0 Å².